The number of benzene rings is 2. The summed E-state index contributed by atoms with van der Waals surface area (Å²) in [7, 11) is 4.09. The highest BCUT2D eigenvalue weighted by Gasteiger charge is 2.18. The maximum Gasteiger partial charge on any atom is 0.292 e. The SMILES string of the molecule is CN(C)c1ccc([N+]2=Cc3ccccc3OC2)cc1. The van der Waals surface area contributed by atoms with Gasteiger partial charge in [-0.05, 0) is 24.3 Å². The second kappa shape index (κ2) is 4.76. The summed E-state index contributed by atoms with van der Waals surface area (Å²) in [5.41, 5.74) is 3.45. The highest BCUT2D eigenvalue weighted by Crippen LogP contribution is 2.23. The molecule has 2 aromatic rings. The summed E-state index contributed by atoms with van der Waals surface area (Å²) in [4.78, 5) is 2.09. The molecule has 0 fully saturated rings. The fourth-order valence-electron chi connectivity index (χ4n) is 2.15. The predicted octanol–water partition coefficient (Wildman–Crippen LogP) is 2.87. The van der Waals surface area contributed by atoms with Crippen molar-refractivity contribution in [3.63, 3.8) is 0 Å². The Morgan fingerprint density at radius 3 is 2.47 bits per heavy atom. The molecule has 0 atom stereocenters. The maximum atomic E-state index is 5.75. The first-order chi connectivity index (χ1) is 9.24. The molecule has 3 heteroatoms. The molecular formula is C16H17N2O+. The van der Waals surface area contributed by atoms with E-state index >= 15 is 0 Å². The van der Waals surface area contributed by atoms with E-state index in [2.05, 4.69) is 46.0 Å². The Kier molecular flexibility index (Phi) is 2.95. The van der Waals surface area contributed by atoms with E-state index in [0.717, 1.165) is 17.0 Å². The minimum Gasteiger partial charge on any atom is -0.435 e. The van der Waals surface area contributed by atoms with Crippen LogP contribution < -0.4 is 9.64 Å². The number of rotatable bonds is 2. The Morgan fingerprint density at radius 2 is 1.74 bits per heavy atom. The Balaban J connectivity index is 1.93. The summed E-state index contributed by atoms with van der Waals surface area (Å²) in [5.74, 6) is 0.948. The largest absolute Gasteiger partial charge is 0.435 e. The highest BCUT2D eigenvalue weighted by atomic mass is 16.5. The zero-order valence-corrected chi connectivity index (χ0v) is 11.2. The molecule has 0 saturated carbocycles. The number of hydrogen-bond acceptors (Lipinski definition) is 2. The molecule has 0 N–H and O–H groups in total. The zero-order valence-electron chi connectivity index (χ0n) is 11.2. The third-order valence-electron chi connectivity index (χ3n) is 3.27. The Labute approximate surface area is 113 Å². The second-order valence-electron chi connectivity index (χ2n) is 4.82. The first-order valence-electron chi connectivity index (χ1n) is 6.35. The van der Waals surface area contributed by atoms with E-state index in [9.17, 15) is 0 Å². The zero-order chi connectivity index (χ0) is 13.2. The smallest absolute Gasteiger partial charge is 0.292 e. The van der Waals surface area contributed by atoms with Crippen molar-refractivity contribution in [2.75, 3.05) is 25.7 Å². The van der Waals surface area contributed by atoms with Gasteiger partial charge in [0, 0.05) is 31.9 Å². The second-order valence-corrected chi connectivity index (χ2v) is 4.82. The van der Waals surface area contributed by atoms with Crippen molar-refractivity contribution in [2.45, 2.75) is 0 Å². The summed E-state index contributed by atoms with van der Waals surface area (Å²) in [6.07, 6.45) is 2.13. The van der Waals surface area contributed by atoms with Gasteiger partial charge in [-0.1, -0.05) is 12.1 Å². The summed E-state index contributed by atoms with van der Waals surface area (Å²) in [5, 5.41) is 0. The quantitative estimate of drug-likeness (QED) is 0.765. The number of anilines is 1. The average molecular weight is 253 g/mol. The van der Waals surface area contributed by atoms with Crippen LogP contribution in [-0.2, 0) is 0 Å². The van der Waals surface area contributed by atoms with Crippen LogP contribution in [0.2, 0.25) is 0 Å². The van der Waals surface area contributed by atoms with Crippen LogP contribution in [0.15, 0.2) is 48.5 Å². The number of ether oxygens (including phenoxy) is 1. The lowest BCUT2D eigenvalue weighted by Gasteiger charge is -2.14. The lowest BCUT2D eigenvalue weighted by atomic mass is 10.2. The van der Waals surface area contributed by atoms with Gasteiger partial charge in [-0.25, -0.2) is 0 Å². The molecule has 0 radical (unpaired) electrons. The number of para-hydroxylation sites is 1. The van der Waals surface area contributed by atoms with E-state index < -0.39 is 0 Å². The molecule has 1 aliphatic rings. The molecule has 1 aliphatic heterocycles. The molecule has 0 saturated heterocycles. The molecule has 0 bridgehead atoms. The van der Waals surface area contributed by atoms with Crippen molar-refractivity contribution in [2.24, 2.45) is 0 Å². The van der Waals surface area contributed by atoms with E-state index in [0.29, 0.717) is 6.73 Å². The van der Waals surface area contributed by atoms with Gasteiger partial charge in [-0.3, -0.25) is 0 Å². The van der Waals surface area contributed by atoms with Gasteiger partial charge in [0.15, 0.2) is 6.21 Å². The molecule has 2 aromatic carbocycles. The van der Waals surface area contributed by atoms with Gasteiger partial charge in [0.2, 0.25) is 5.69 Å². The van der Waals surface area contributed by atoms with Crippen LogP contribution in [0.3, 0.4) is 0 Å². The van der Waals surface area contributed by atoms with Crippen LogP contribution in [0.25, 0.3) is 0 Å². The Bertz CT molecular complexity index is 615. The Hall–Kier alpha value is -2.29. The molecule has 0 aromatic heterocycles. The molecule has 0 spiro atoms. The fourth-order valence-corrected chi connectivity index (χ4v) is 2.15. The highest BCUT2D eigenvalue weighted by molar-refractivity contribution is 5.81. The molecule has 0 amide bonds. The molecule has 96 valence electrons. The van der Waals surface area contributed by atoms with Gasteiger partial charge in [0.05, 0.1) is 5.56 Å². The van der Waals surface area contributed by atoms with Crippen LogP contribution in [0.5, 0.6) is 5.75 Å². The summed E-state index contributed by atoms with van der Waals surface area (Å²) in [6.45, 7) is 0.554. The third-order valence-corrected chi connectivity index (χ3v) is 3.27. The normalized spacial score (nSPS) is 13.3. The predicted molar refractivity (Wildman–Crippen MR) is 77.8 cm³/mol. The third kappa shape index (κ3) is 2.32. The van der Waals surface area contributed by atoms with Crippen LogP contribution in [0.4, 0.5) is 11.4 Å². The number of hydrogen-bond donors (Lipinski definition) is 0. The lowest BCUT2D eigenvalue weighted by Crippen LogP contribution is -2.20. The first kappa shape index (κ1) is 11.8. The van der Waals surface area contributed by atoms with E-state index in [-0.39, 0.29) is 0 Å². The molecule has 0 aliphatic carbocycles. The minimum absolute atomic E-state index is 0.554. The average Bonchev–Trinajstić information content (AvgIpc) is 2.47. The number of fused-ring (bicyclic) bond motifs is 1. The minimum atomic E-state index is 0.554. The van der Waals surface area contributed by atoms with Gasteiger partial charge < -0.3 is 9.64 Å². The van der Waals surface area contributed by atoms with Crippen molar-refractivity contribution >= 4 is 17.6 Å². The molecule has 3 rings (SSSR count). The Morgan fingerprint density at radius 1 is 1.00 bits per heavy atom. The van der Waals surface area contributed by atoms with E-state index in [1.165, 1.54) is 5.69 Å². The van der Waals surface area contributed by atoms with Gasteiger partial charge in [-0.2, -0.15) is 4.58 Å². The number of nitrogens with zero attached hydrogens (tertiary/aromatic N) is 2. The maximum absolute atomic E-state index is 5.75. The van der Waals surface area contributed by atoms with Crippen LogP contribution in [0.1, 0.15) is 5.56 Å². The topological polar surface area (TPSA) is 15.5 Å². The van der Waals surface area contributed by atoms with E-state index in [1.54, 1.807) is 0 Å². The van der Waals surface area contributed by atoms with Crippen molar-refractivity contribution in [1.82, 2.24) is 0 Å². The van der Waals surface area contributed by atoms with Crippen LogP contribution >= 0.6 is 0 Å². The van der Waals surface area contributed by atoms with E-state index in [1.807, 2.05) is 32.3 Å². The van der Waals surface area contributed by atoms with Gasteiger partial charge >= 0.3 is 0 Å². The first-order valence-corrected chi connectivity index (χ1v) is 6.35. The summed E-state index contributed by atoms with van der Waals surface area (Å²) < 4.78 is 7.87. The molecule has 3 nitrogen and oxygen atoms in total. The molecule has 19 heavy (non-hydrogen) atoms. The van der Waals surface area contributed by atoms with Gasteiger partial charge in [0.25, 0.3) is 6.73 Å². The lowest BCUT2D eigenvalue weighted by molar-refractivity contribution is -0.476. The summed E-state index contributed by atoms with van der Waals surface area (Å²) >= 11 is 0. The molecular weight excluding hydrogens is 236 g/mol. The monoisotopic (exact) mass is 253 g/mol. The van der Waals surface area contributed by atoms with Crippen molar-refractivity contribution in [3.8, 4) is 5.75 Å². The van der Waals surface area contributed by atoms with Crippen molar-refractivity contribution < 1.29 is 9.31 Å². The van der Waals surface area contributed by atoms with Crippen LogP contribution in [0, 0.1) is 0 Å². The molecule has 0 unspecified atom stereocenters. The van der Waals surface area contributed by atoms with Crippen molar-refractivity contribution in [1.29, 1.82) is 0 Å². The van der Waals surface area contributed by atoms with Gasteiger partial charge in [0.1, 0.15) is 5.75 Å². The fraction of sp³-hybridized carbons (Fsp3) is 0.188. The van der Waals surface area contributed by atoms with Gasteiger partial charge in [-0.15, -0.1) is 0 Å². The van der Waals surface area contributed by atoms with E-state index in [4.69, 9.17) is 4.74 Å². The van der Waals surface area contributed by atoms with Crippen LogP contribution in [-0.4, -0.2) is 31.6 Å². The summed E-state index contributed by atoms with van der Waals surface area (Å²) in [6, 6.07) is 16.5. The standard InChI is InChI=1S/C16H17N2O/c1-17(2)14-7-9-15(10-8-14)18-11-13-5-3-4-6-16(13)19-12-18/h3-11H,12H2,1-2H3/q+1. The van der Waals surface area contributed by atoms with Crippen molar-refractivity contribution in [3.05, 3.63) is 54.1 Å². The molecule has 1 heterocycles.